The summed E-state index contributed by atoms with van der Waals surface area (Å²) in [5.41, 5.74) is 0. The monoisotopic (exact) mass is 252 g/mol. The van der Waals surface area contributed by atoms with E-state index in [1.54, 1.807) is 0 Å². The summed E-state index contributed by atoms with van der Waals surface area (Å²) in [4.78, 5) is 2.74. The Labute approximate surface area is 114 Å². The summed E-state index contributed by atoms with van der Waals surface area (Å²) in [5, 5.41) is 3.59. The van der Waals surface area contributed by atoms with Crippen molar-refractivity contribution < 1.29 is 0 Å². The molecule has 106 valence electrons. The quantitative estimate of drug-likeness (QED) is 0.831. The second-order valence-corrected chi connectivity index (χ2v) is 7.26. The van der Waals surface area contributed by atoms with Crippen molar-refractivity contribution in [1.29, 1.82) is 0 Å². The van der Waals surface area contributed by atoms with Crippen molar-refractivity contribution in [2.45, 2.75) is 59.0 Å². The first-order chi connectivity index (χ1) is 8.51. The molecule has 0 aromatic rings. The van der Waals surface area contributed by atoms with Crippen molar-refractivity contribution >= 4 is 0 Å². The first kappa shape index (κ1) is 14.3. The van der Waals surface area contributed by atoms with Crippen LogP contribution in [-0.4, -0.2) is 37.1 Å². The van der Waals surface area contributed by atoms with E-state index in [-0.39, 0.29) is 0 Å². The lowest BCUT2D eigenvalue weighted by Crippen LogP contribution is -2.48. The fourth-order valence-electron chi connectivity index (χ4n) is 4.46. The van der Waals surface area contributed by atoms with Gasteiger partial charge in [0.1, 0.15) is 0 Å². The minimum Gasteiger partial charge on any atom is -0.317 e. The zero-order valence-corrected chi connectivity index (χ0v) is 12.9. The van der Waals surface area contributed by atoms with Gasteiger partial charge in [0.15, 0.2) is 0 Å². The van der Waals surface area contributed by atoms with Gasteiger partial charge in [0.2, 0.25) is 0 Å². The highest BCUT2D eigenvalue weighted by molar-refractivity contribution is 4.91. The Morgan fingerprint density at radius 2 is 1.72 bits per heavy atom. The molecule has 0 spiro atoms. The van der Waals surface area contributed by atoms with E-state index in [1.165, 1.54) is 32.4 Å². The van der Waals surface area contributed by atoms with E-state index in [1.807, 2.05) is 0 Å². The number of nitrogens with one attached hydrogen (secondary N) is 1. The van der Waals surface area contributed by atoms with E-state index >= 15 is 0 Å². The van der Waals surface area contributed by atoms with Gasteiger partial charge < -0.3 is 10.2 Å². The Bertz CT molecular complexity index is 266. The lowest BCUT2D eigenvalue weighted by atomic mass is 9.72. The van der Waals surface area contributed by atoms with Crippen molar-refractivity contribution in [2.24, 2.45) is 23.7 Å². The first-order valence-electron chi connectivity index (χ1n) is 7.92. The van der Waals surface area contributed by atoms with Crippen LogP contribution in [0.2, 0.25) is 0 Å². The summed E-state index contributed by atoms with van der Waals surface area (Å²) in [7, 11) is 2.15. The van der Waals surface area contributed by atoms with Crippen molar-refractivity contribution in [1.82, 2.24) is 10.2 Å². The fourth-order valence-corrected chi connectivity index (χ4v) is 4.46. The highest BCUT2D eigenvalue weighted by atomic mass is 15.2. The van der Waals surface area contributed by atoms with Gasteiger partial charge in [0.05, 0.1) is 0 Å². The van der Waals surface area contributed by atoms with Crippen LogP contribution in [0.15, 0.2) is 0 Å². The molecular formula is C16H32N2. The van der Waals surface area contributed by atoms with Gasteiger partial charge in [-0.15, -0.1) is 0 Å². The summed E-state index contributed by atoms with van der Waals surface area (Å²) < 4.78 is 0. The van der Waals surface area contributed by atoms with Crippen LogP contribution >= 0.6 is 0 Å². The van der Waals surface area contributed by atoms with Crippen molar-refractivity contribution in [2.75, 3.05) is 20.1 Å². The van der Waals surface area contributed by atoms with E-state index in [2.05, 4.69) is 45.0 Å². The van der Waals surface area contributed by atoms with Crippen LogP contribution in [0.3, 0.4) is 0 Å². The molecular weight excluding hydrogens is 220 g/mol. The van der Waals surface area contributed by atoms with Crippen molar-refractivity contribution in [3.63, 3.8) is 0 Å². The third-order valence-corrected chi connectivity index (χ3v) is 5.41. The van der Waals surface area contributed by atoms with Crippen LogP contribution in [-0.2, 0) is 0 Å². The molecule has 1 N–H and O–H groups in total. The molecule has 0 bridgehead atoms. The number of rotatable bonds is 3. The molecule has 0 radical (unpaired) electrons. The van der Waals surface area contributed by atoms with Crippen LogP contribution in [0.25, 0.3) is 0 Å². The van der Waals surface area contributed by atoms with Gasteiger partial charge in [-0.1, -0.05) is 20.8 Å². The summed E-state index contributed by atoms with van der Waals surface area (Å²) in [6, 6.07) is 1.52. The third-order valence-electron chi connectivity index (χ3n) is 5.41. The van der Waals surface area contributed by atoms with E-state index in [0.717, 1.165) is 35.8 Å². The van der Waals surface area contributed by atoms with Gasteiger partial charge in [0, 0.05) is 25.2 Å². The number of hydrogen-bond donors (Lipinski definition) is 1. The molecule has 2 fully saturated rings. The molecule has 1 saturated carbocycles. The van der Waals surface area contributed by atoms with E-state index in [0.29, 0.717) is 0 Å². The molecule has 1 saturated heterocycles. The lowest BCUT2D eigenvalue weighted by molar-refractivity contribution is 0.101. The SMILES string of the molecule is CNC1CC(C)CC(C)C1CN1CC(C)CC1C. The van der Waals surface area contributed by atoms with Gasteiger partial charge in [-0.05, 0) is 56.9 Å². The molecule has 18 heavy (non-hydrogen) atoms. The zero-order valence-electron chi connectivity index (χ0n) is 12.9. The molecule has 6 unspecified atom stereocenters. The smallest absolute Gasteiger partial charge is 0.0110 e. The third kappa shape index (κ3) is 3.08. The molecule has 1 heterocycles. The van der Waals surface area contributed by atoms with Crippen LogP contribution in [0.5, 0.6) is 0 Å². The topological polar surface area (TPSA) is 15.3 Å². The molecule has 0 aromatic carbocycles. The maximum Gasteiger partial charge on any atom is 0.0110 e. The Balaban J connectivity index is 1.97. The molecule has 0 aromatic heterocycles. The maximum absolute atomic E-state index is 3.59. The summed E-state index contributed by atoms with van der Waals surface area (Å²) in [5.74, 6) is 3.50. The lowest BCUT2D eigenvalue weighted by Gasteiger charge is -2.42. The van der Waals surface area contributed by atoms with Crippen LogP contribution in [0.1, 0.15) is 47.0 Å². The number of nitrogens with zero attached hydrogens (tertiary/aromatic N) is 1. The van der Waals surface area contributed by atoms with Gasteiger partial charge in [0.25, 0.3) is 0 Å². The van der Waals surface area contributed by atoms with Gasteiger partial charge >= 0.3 is 0 Å². The first-order valence-corrected chi connectivity index (χ1v) is 7.92. The zero-order chi connectivity index (χ0) is 13.3. The standard InChI is InChI=1S/C16H32N2/c1-11-6-13(3)15(16(8-11)17-5)10-18-9-12(2)7-14(18)4/h11-17H,6-10H2,1-5H3. The number of hydrogen-bond acceptors (Lipinski definition) is 2. The average Bonchev–Trinajstić information content (AvgIpc) is 2.60. The van der Waals surface area contributed by atoms with Crippen molar-refractivity contribution in [3.05, 3.63) is 0 Å². The predicted molar refractivity (Wildman–Crippen MR) is 78.7 cm³/mol. The molecule has 1 aliphatic carbocycles. The van der Waals surface area contributed by atoms with Crippen LogP contribution in [0, 0.1) is 23.7 Å². The Morgan fingerprint density at radius 1 is 1.00 bits per heavy atom. The van der Waals surface area contributed by atoms with Crippen LogP contribution in [0.4, 0.5) is 0 Å². The Kier molecular flexibility index (Phi) is 4.71. The summed E-state index contributed by atoms with van der Waals surface area (Å²) in [6.07, 6.45) is 4.17. The minimum absolute atomic E-state index is 0.729. The Hall–Kier alpha value is -0.0800. The Morgan fingerprint density at radius 3 is 2.28 bits per heavy atom. The molecule has 6 atom stereocenters. The molecule has 0 amide bonds. The fraction of sp³-hybridized carbons (Fsp3) is 1.00. The highest BCUT2D eigenvalue weighted by Crippen LogP contribution is 2.35. The van der Waals surface area contributed by atoms with Gasteiger partial charge in [-0.3, -0.25) is 0 Å². The predicted octanol–water partition coefficient (Wildman–Crippen LogP) is 2.99. The maximum atomic E-state index is 3.59. The van der Waals surface area contributed by atoms with Crippen LogP contribution < -0.4 is 5.32 Å². The molecule has 2 aliphatic rings. The van der Waals surface area contributed by atoms with E-state index < -0.39 is 0 Å². The largest absolute Gasteiger partial charge is 0.317 e. The van der Waals surface area contributed by atoms with Crippen molar-refractivity contribution in [3.8, 4) is 0 Å². The average molecular weight is 252 g/mol. The normalized spacial score (nSPS) is 46.5. The molecule has 1 aliphatic heterocycles. The summed E-state index contributed by atoms with van der Waals surface area (Å²) >= 11 is 0. The van der Waals surface area contributed by atoms with E-state index in [4.69, 9.17) is 0 Å². The molecule has 2 rings (SSSR count). The second-order valence-electron chi connectivity index (χ2n) is 7.26. The van der Waals surface area contributed by atoms with Gasteiger partial charge in [-0.2, -0.15) is 0 Å². The number of likely N-dealkylation sites (tertiary alicyclic amines) is 1. The van der Waals surface area contributed by atoms with E-state index in [9.17, 15) is 0 Å². The highest BCUT2D eigenvalue weighted by Gasteiger charge is 2.36. The van der Waals surface area contributed by atoms with Gasteiger partial charge in [-0.25, -0.2) is 0 Å². The minimum atomic E-state index is 0.729. The molecule has 2 heteroatoms. The molecule has 2 nitrogen and oxygen atoms in total. The second kappa shape index (κ2) is 5.92. The summed E-state index contributed by atoms with van der Waals surface area (Å²) in [6.45, 7) is 12.3.